The highest BCUT2D eigenvalue weighted by molar-refractivity contribution is 6.12. The number of hydrogen-bond acceptors (Lipinski definition) is 4. The van der Waals surface area contributed by atoms with Gasteiger partial charge in [-0.3, -0.25) is 0 Å². The molecule has 2 aromatic heterocycles. The zero-order chi connectivity index (χ0) is 40.5. The maximum Gasteiger partial charge on any atom is 0.164 e. The number of fused-ring (bicyclic) bond motifs is 3. The molecular formula is C57H37N3O. The Kier molecular flexibility index (Phi) is 9.14. The molecule has 286 valence electrons. The van der Waals surface area contributed by atoms with Crippen LogP contribution in [0.4, 0.5) is 0 Å². The molecule has 0 spiro atoms. The summed E-state index contributed by atoms with van der Waals surface area (Å²) in [6.07, 6.45) is 0. The maximum absolute atomic E-state index is 6.19. The van der Waals surface area contributed by atoms with Crippen LogP contribution in [-0.4, -0.2) is 15.0 Å². The van der Waals surface area contributed by atoms with Crippen molar-refractivity contribution in [1.82, 2.24) is 15.0 Å². The molecule has 9 aromatic carbocycles. The zero-order valence-corrected chi connectivity index (χ0v) is 33.1. The second-order valence-corrected chi connectivity index (χ2v) is 15.1. The first-order valence-corrected chi connectivity index (χ1v) is 20.5. The summed E-state index contributed by atoms with van der Waals surface area (Å²) in [4.78, 5) is 15.5. The van der Waals surface area contributed by atoms with Gasteiger partial charge >= 0.3 is 0 Å². The van der Waals surface area contributed by atoms with E-state index in [1.54, 1.807) is 0 Å². The predicted molar refractivity (Wildman–Crippen MR) is 251 cm³/mol. The Labute approximate surface area is 354 Å². The molecule has 11 rings (SSSR count). The van der Waals surface area contributed by atoms with Crippen LogP contribution in [0.15, 0.2) is 229 Å². The second kappa shape index (κ2) is 15.5. The third-order valence-corrected chi connectivity index (χ3v) is 11.4. The summed E-state index contributed by atoms with van der Waals surface area (Å²) in [7, 11) is 0. The van der Waals surface area contributed by atoms with Crippen molar-refractivity contribution in [2.75, 3.05) is 0 Å². The van der Waals surface area contributed by atoms with Crippen LogP contribution in [-0.2, 0) is 0 Å². The first-order valence-electron chi connectivity index (χ1n) is 20.5. The molecule has 0 aliphatic heterocycles. The number of benzene rings is 9. The fourth-order valence-electron chi connectivity index (χ4n) is 8.39. The minimum Gasteiger partial charge on any atom is -0.456 e. The minimum atomic E-state index is 0.617. The van der Waals surface area contributed by atoms with Crippen molar-refractivity contribution >= 4 is 21.9 Å². The highest BCUT2D eigenvalue weighted by Gasteiger charge is 2.18. The van der Waals surface area contributed by atoms with E-state index >= 15 is 0 Å². The molecule has 4 nitrogen and oxygen atoms in total. The van der Waals surface area contributed by atoms with Gasteiger partial charge in [-0.1, -0.05) is 206 Å². The summed E-state index contributed by atoms with van der Waals surface area (Å²) in [6.45, 7) is 0. The third kappa shape index (κ3) is 6.86. The van der Waals surface area contributed by atoms with Crippen LogP contribution in [0, 0.1) is 0 Å². The van der Waals surface area contributed by atoms with Gasteiger partial charge in [-0.15, -0.1) is 0 Å². The summed E-state index contributed by atoms with van der Waals surface area (Å²) in [5, 5.41) is 2.28. The molecule has 0 N–H and O–H groups in total. The Morgan fingerprint density at radius 2 is 0.656 bits per heavy atom. The molecule has 0 fully saturated rings. The number of para-hydroxylation sites is 1. The summed E-state index contributed by atoms with van der Waals surface area (Å²) >= 11 is 0. The standard InChI is InChI=1S/C57H37N3O/c1-3-15-41(16-4-1)46-21-7-9-23-49(46)56-58-55(59-57(60-56)50-24-10-8-22-47(50)42-17-5-2-6-18-42)43-35-33-39(34-36-43)38-29-31-40(32-30-38)44-19-13-20-45(37-44)48-26-14-28-53-54(48)51-25-11-12-27-52(51)61-53/h1-37H. The Hall–Kier alpha value is -8.21. The van der Waals surface area contributed by atoms with Crippen molar-refractivity contribution in [2.24, 2.45) is 0 Å². The van der Waals surface area contributed by atoms with E-state index in [1.165, 1.54) is 5.56 Å². The molecule has 0 atom stereocenters. The van der Waals surface area contributed by atoms with E-state index in [0.717, 1.165) is 88.7 Å². The molecule has 61 heavy (non-hydrogen) atoms. The first-order chi connectivity index (χ1) is 30.2. The Morgan fingerprint density at radius 1 is 0.246 bits per heavy atom. The number of hydrogen-bond donors (Lipinski definition) is 0. The topological polar surface area (TPSA) is 51.8 Å². The molecule has 0 unspecified atom stereocenters. The van der Waals surface area contributed by atoms with Gasteiger partial charge < -0.3 is 4.42 Å². The lowest BCUT2D eigenvalue weighted by atomic mass is 9.95. The van der Waals surface area contributed by atoms with E-state index in [0.29, 0.717) is 17.5 Å². The Balaban J connectivity index is 0.940. The van der Waals surface area contributed by atoms with E-state index in [4.69, 9.17) is 19.4 Å². The average Bonchev–Trinajstić information content (AvgIpc) is 3.74. The molecule has 0 bridgehead atoms. The van der Waals surface area contributed by atoms with Crippen LogP contribution < -0.4 is 0 Å². The SMILES string of the molecule is c1ccc(-c2ccccc2-c2nc(-c3ccc(-c4ccc(-c5cccc(-c6cccc7oc8ccccc8c67)c5)cc4)cc3)nc(-c3ccccc3-c3ccccc3)n2)cc1. The number of rotatable bonds is 8. The van der Waals surface area contributed by atoms with E-state index in [9.17, 15) is 0 Å². The van der Waals surface area contributed by atoms with Gasteiger partial charge in [0, 0.05) is 27.5 Å². The van der Waals surface area contributed by atoms with Crippen molar-refractivity contribution < 1.29 is 4.42 Å². The molecule has 0 radical (unpaired) electrons. The van der Waals surface area contributed by atoms with E-state index < -0.39 is 0 Å². The fourth-order valence-corrected chi connectivity index (χ4v) is 8.39. The predicted octanol–water partition coefficient (Wildman–Crippen LogP) is 15.1. The molecule has 11 aromatic rings. The smallest absolute Gasteiger partial charge is 0.164 e. The van der Waals surface area contributed by atoms with Gasteiger partial charge in [-0.25, -0.2) is 15.0 Å². The van der Waals surface area contributed by atoms with Gasteiger partial charge in [0.15, 0.2) is 17.5 Å². The molecule has 0 aliphatic carbocycles. The molecule has 0 aliphatic rings. The first kappa shape index (κ1) is 35.9. The lowest BCUT2D eigenvalue weighted by Gasteiger charge is -2.14. The number of nitrogens with zero attached hydrogens (tertiary/aromatic N) is 3. The molecule has 2 heterocycles. The highest BCUT2D eigenvalue weighted by Crippen LogP contribution is 2.39. The Bertz CT molecular complexity index is 3230. The summed E-state index contributed by atoms with van der Waals surface area (Å²) in [5.41, 5.74) is 15.8. The minimum absolute atomic E-state index is 0.617. The van der Waals surface area contributed by atoms with Gasteiger partial charge in [0.1, 0.15) is 11.2 Å². The lowest BCUT2D eigenvalue weighted by molar-refractivity contribution is 0.669. The van der Waals surface area contributed by atoms with Crippen LogP contribution in [0.5, 0.6) is 0 Å². The van der Waals surface area contributed by atoms with Crippen molar-refractivity contribution in [1.29, 1.82) is 0 Å². The van der Waals surface area contributed by atoms with Crippen LogP contribution in [0.1, 0.15) is 0 Å². The van der Waals surface area contributed by atoms with Crippen LogP contribution in [0.25, 0.3) is 112 Å². The van der Waals surface area contributed by atoms with E-state index in [1.807, 2.05) is 42.5 Å². The van der Waals surface area contributed by atoms with Crippen molar-refractivity contribution in [2.45, 2.75) is 0 Å². The van der Waals surface area contributed by atoms with Crippen molar-refractivity contribution in [3.05, 3.63) is 224 Å². The zero-order valence-electron chi connectivity index (χ0n) is 33.1. The molecular weight excluding hydrogens is 743 g/mol. The largest absolute Gasteiger partial charge is 0.456 e. The van der Waals surface area contributed by atoms with Crippen molar-refractivity contribution in [3.8, 4) is 89.8 Å². The molecule has 0 amide bonds. The van der Waals surface area contributed by atoms with Gasteiger partial charge in [-0.05, 0) is 73.8 Å². The van der Waals surface area contributed by atoms with E-state index in [2.05, 4.69) is 182 Å². The summed E-state index contributed by atoms with van der Waals surface area (Å²) in [6, 6.07) is 78.1. The number of aromatic nitrogens is 3. The number of furan rings is 1. The summed E-state index contributed by atoms with van der Waals surface area (Å²) < 4.78 is 6.19. The molecule has 0 saturated carbocycles. The van der Waals surface area contributed by atoms with E-state index in [-0.39, 0.29) is 0 Å². The van der Waals surface area contributed by atoms with Crippen LogP contribution >= 0.6 is 0 Å². The monoisotopic (exact) mass is 779 g/mol. The van der Waals surface area contributed by atoms with Crippen LogP contribution in [0.3, 0.4) is 0 Å². The van der Waals surface area contributed by atoms with Gasteiger partial charge in [0.05, 0.1) is 0 Å². The maximum atomic E-state index is 6.19. The fraction of sp³-hybridized carbons (Fsp3) is 0. The molecule has 0 saturated heterocycles. The highest BCUT2D eigenvalue weighted by atomic mass is 16.3. The van der Waals surface area contributed by atoms with Gasteiger partial charge in [0.2, 0.25) is 0 Å². The molecule has 4 heteroatoms. The lowest BCUT2D eigenvalue weighted by Crippen LogP contribution is -2.02. The Morgan fingerprint density at radius 3 is 1.26 bits per heavy atom. The van der Waals surface area contributed by atoms with Gasteiger partial charge in [0.25, 0.3) is 0 Å². The quantitative estimate of drug-likeness (QED) is 0.154. The second-order valence-electron chi connectivity index (χ2n) is 15.1. The third-order valence-electron chi connectivity index (χ3n) is 11.4. The van der Waals surface area contributed by atoms with Crippen molar-refractivity contribution in [3.63, 3.8) is 0 Å². The van der Waals surface area contributed by atoms with Crippen LogP contribution in [0.2, 0.25) is 0 Å². The average molecular weight is 780 g/mol. The van der Waals surface area contributed by atoms with Gasteiger partial charge in [-0.2, -0.15) is 0 Å². The normalized spacial score (nSPS) is 11.3. The summed E-state index contributed by atoms with van der Waals surface area (Å²) in [5.74, 6) is 1.87.